The summed E-state index contributed by atoms with van der Waals surface area (Å²) in [6.07, 6.45) is 3.98. The Morgan fingerprint density at radius 2 is 1.76 bits per heavy atom. The predicted octanol–water partition coefficient (Wildman–Crippen LogP) is 4.95. The molecule has 34 heavy (non-hydrogen) atoms. The van der Waals surface area contributed by atoms with Gasteiger partial charge < -0.3 is 15.1 Å². The minimum absolute atomic E-state index is 0.192. The molecule has 4 heterocycles. The number of fused-ring (bicyclic) bond motifs is 3. The maximum absolute atomic E-state index is 13.5. The zero-order valence-corrected chi connectivity index (χ0v) is 20.0. The molecule has 1 N–H and O–H groups in total. The first-order chi connectivity index (χ1) is 16.5. The Kier molecular flexibility index (Phi) is 5.28. The van der Waals surface area contributed by atoms with E-state index >= 15 is 0 Å². The molecule has 1 saturated carbocycles. The SMILES string of the molecule is Cc1cc(N2C[C@H]3CC[C@@H](C2)C3Nc2nc(Cl)c3c(n2)N(c2ccc(F)cc2)CC3C)ncn1. The van der Waals surface area contributed by atoms with Gasteiger partial charge in [0.25, 0.3) is 0 Å². The number of aromatic nitrogens is 4. The molecular formula is C25H27ClFN7. The summed E-state index contributed by atoms with van der Waals surface area (Å²) in [5.41, 5.74) is 2.84. The molecule has 3 aromatic rings. The van der Waals surface area contributed by atoms with Crippen LogP contribution in [0.5, 0.6) is 0 Å². The molecule has 7 nitrogen and oxygen atoms in total. The van der Waals surface area contributed by atoms with Gasteiger partial charge in [-0.25, -0.2) is 19.3 Å². The van der Waals surface area contributed by atoms with Crippen molar-refractivity contribution in [2.24, 2.45) is 11.8 Å². The quantitative estimate of drug-likeness (QED) is 0.531. The number of piperidine rings is 1. The van der Waals surface area contributed by atoms with Gasteiger partial charge in [0.15, 0.2) is 0 Å². The lowest BCUT2D eigenvalue weighted by Crippen LogP contribution is -2.48. The van der Waals surface area contributed by atoms with Gasteiger partial charge in [0.05, 0.1) is 0 Å². The molecule has 9 heteroatoms. The van der Waals surface area contributed by atoms with Crippen molar-refractivity contribution in [1.82, 2.24) is 19.9 Å². The molecule has 2 aliphatic heterocycles. The number of rotatable bonds is 4. The van der Waals surface area contributed by atoms with Crippen LogP contribution in [0, 0.1) is 24.6 Å². The minimum Gasteiger partial charge on any atom is -0.356 e. The Morgan fingerprint density at radius 1 is 1.03 bits per heavy atom. The monoisotopic (exact) mass is 479 g/mol. The zero-order chi connectivity index (χ0) is 23.4. The lowest BCUT2D eigenvalue weighted by molar-refractivity contribution is 0.374. The van der Waals surface area contributed by atoms with Gasteiger partial charge in [-0.3, -0.25) is 0 Å². The van der Waals surface area contributed by atoms with Crippen LogP contribution >= 0.6 is 11.6 Å². The van der Waals surface area contributed by atoms with Crippen molar-refractivity contribution in [1.29, 1.82) is 0 Å². The Balaban J connectivity index is 1.25. The van der Waals surface area contributed by atoms with Crippen molar-refractivity contribution in [3.63, 3.8) is 0 Å². The van der Waals surface area contributed by atoms with E-state index in [1.165, 1.54) is 25.0 Å². The summed E-state index contributed by atoms with van der Waals surface area (Å²) in [4.78, 5) is 22.8. The smallest absolute Gasteiger partial charge is 0.226 e. The highest BCUT2D eigenvalue weighted by Crippen LogP contribution is 2.44. The minimum atomic E-state index is -0.252. The maximum atomic E-state index is 13.5. The van der Waals surface area contributed by atoms with Gasteiger partial charge in [-0.1, -0.05) is 18.5 Å². The topological polar surface area (TPSA) is 70.1 Å². The zero-order valence-electron chi connectivity index (χ0n) is 19.2. The second-order valence-electron chi connectivity index (χ2n) is 9.75. The number of hydrogen-bond acceptors (Lipinski definition) is 7. The van der Waals surface area contributed by atoms with E-state index in [0.29, 0.717) is 29.0 Å². The molecule has 2 bridgehead atoms. The number of aryl methyl sites for hydroxylation is 1. The summed E-state index contributed by atoms with van der Waals surface area (Å²) >= 11 is 6.67. The molecule has 0 radical (unpaired) electrons. The van der Waals surface area contributed by atoms with E-state index in [9.17, 15) is 4.39 Å². The lowest BCUT2D eigenvalue weighted by Gasteiger charge is -2.39. The van der Waals surface area contributed by atoms with Gasteiger partial charge in [-0.05, 0) is 55.9 Å². The van der Waals surface area contributed by atoms with Gasteiger partial charge in [0, 0.05) is 54.6 Å². The molecule has 3 aliphatic rings. The fourth-order valence-corrected chi connectivity index (χ4v) is 6.18. The normalized spacial score (nSPS) is 25.5. The largest absolute Gasteiger partial charge is 0.356 e. The van der Waals surface area contributed by atoms with Crippen molar-refractivity contribution in [3.8, 4) is 0 Å². The van der Waals surface area contributed by atoms with Gasteiger partial charge in [-0.15, -0.1) is 0 Å². The van der Waals surface area contributed by atoms with Gasteiger partial charge >= 0.3 is 0 Å². The predicted molar refractivity (Wildman–Crippen MR) is 131 cm³/mol. The highest BCUT2D eigenvalue weighted by molar-refractivity contribution is 6.30. The number of halogens is 2. The molecule has 1 aliphatic carbocycles. The maximum Gasteiger partial charge on any atom is 0.226 e. The summed E-state index contributed by atoms with van der Waals surface area (Å²) in [6, 6.07) is 8.87. The average molecular weight is 480 g/mol. The van der Waals surface area contributed by atoms with Crippen LogP contribution in [-0.2, 0) is 0 Å². The van der Waals surface area contributed by atoms with E-state index in [1.54, 1.807) is 18.5 Å². The number of nitrogens with zero attached hydrogens (tertiary/aromatic N) is 6. The van der Waals surface area contributed by atoms with E-state index in [4.69, 9.17) is 16.6 Å². The molecule has 2 aromatic heterocycles. The van der Waals surface area contributed by atoms with E-state index in [2.05, 4.69) is 43.1 Å². The number of benzene rings is 1. The van der Waals surface area contributed by atoms with Crippen molar-refractivity contribution in [2.75, 3.05) is 34.8 Å². The van der Waals surface area contributed by atoms with Crippen LogP contribution in [0.2, 0.25) is 5.15 Å². The lowest BCUT2D eigenvalue weighted by atomic mass is 9.92. The molecular weight excluding hydrogens is 453 g/mol. The molecule has 2 fully saturated rings. The van der Waals surface area contributed by atoms with Crippen LogP contribution in [0.15, 0.2) is 36.7 Å². The van der Waals surface area contributed by atoms with Gasteiger partial charge in [0.2, 0.25) is 5.95 Å². The fraction of sp³-hybridized carbons (Fsp3) is 0.440. The Bertz CT molecular complexity index is 1210. The van der Waals surface area contributed by atoms with E-state index in [1.807, 2.05) is 6.92 Å². The number of anilines is 4. The molecule has 1 saturated heterocycles. The average Bonchev–Trinajstić information content (AvgIpc) is 3.25. The molecule has 4 atom stereocenters. The van der Waals surface area contributed by atoms with Crippen LogP contribution in [-0.4, -0.2) is 45.6 Å². The van der Waals surface area contributed by atoms with Gasteiger partial charge in [0.1, 0.15) is 28.9 Å². The van der Waals surface area contributed by atoms with Crippen LogP contribution in [0.1, 0.15) is 36.9 Å². The standard InChI is InChI=1S/C25H27ClFN7/c1-14-10-34(19-7-5-18(27)6-8-19)24-21(14)23(26)31-25(32-24)30-22-16-3-4-17(22)12-33(11-16)20-9-15(2)28-13-29-20/h5-9,13-14,16-17,22H,3-4,10-12H2,1-2H3,(H,30,31,32)/t14?,16-,17+,22?. The van der Waals surface area contributed by atoms with Gasteiger partial charge in [-0.2, -0.15) is 4.98 Å². The molecule has 0 spiro atoms. The fourth-order valence-electron chi connectivity index (χ4n) is 5.83. The van der Waals surface area contributed by atoms with E-state index in [0.717, 1.165) is 48.2 Å². The van der Waals surface area contributed by atoms with Crippen molar-refractivity contribution in [2.45, 2.75) is 38.6 Å². The third-order valence-corrected chi connectivity index (χ3v) is 7.75. The summed E-state index contributed by atoms with van der Waals surface area (Å²) in [5, 5.41) is 4.13. The van der Waals surface area contributed by atoms with Crippen LogP contribution in [0.25, 0.3) is 0 Å². The van der Waals surface area contributed by atoms with Crippen molar-refractivity contribution >= 4 is 34.9 Å². The molecule has 0 amide bonds. The van der Waals surface area contributed by atoms with Crippen LogP contribution < -0.4 is 15.1 Å². The summed E-state index contributed by atoms with van der Waals surface area (Å²) in [6.45, 7) is 6.75. The highest BCUT2D eigenvalue weighted by Gasteiger charge is 2.43. The van der Waals surface area contributed by atoms with E-state index in [-0.39, 0.29) is 11.7 Å². The van der Waals surface area contributed by atoms with Crippen molar-refractivity contribution < 1.29 is 4.39 Å². The summed E-state index contributed by atoms with van der Waals surface area (Å²) in [7, 11) is 0. The molecule has 6 rings (SSSR count). The summed E-state index contributed by atoms with van der Waals surface area (Å²) in [5.74, 6) is 3.29. The van der Waals surface area contributed by atoms with Crippen molar-refractivity contribution in [3.05, 3.63) is 58.9 Å². The molecule has 176 valence electrons. The third-order valence-electron chi connectivity index (χ3n) is 7.47. The Hall–Kier alpha value is -3.00. The number of hydrogen-bond donors (Lipinski definition) is 1. The van der Waals surface area contributed by atoms with Crippen LogP contribution in [0.4, 0.5) is 27.7 Å². The molecule has 1 aromatic carbocycles. The third kappa shape index (κ3) is 3.74. The van der Waals surface area contributed by atoms with E-state index < -0.39 is 0 Å². The number of nitrogens with one attached hydrogen (secondary N) is 1. The highest BCUT2D eigenvalue weighted by atomic mass is 35.5. The second kappa shape index (κ2) is 8.34. The summed E-state index contributed by atoms with van der Waals surface area (Å²) < 4.78 is 13.5. The first-order valence-electron chi connectivity index (χ1n) is 11.9. The molecule has 2 unspecified atom stereocenters. The second-order valence-corrected chi connectivity index (χ2v) is 10.1. The van der Waals surface area contributed by atoms with Crippen LogP contribution in [0.3, 0.4) is 0 Å². The first-order valence-corrected chi connectivity index (χ1v) is 12.2. The first kappa shape index (κ1) is 21.5. The Morgan fingerprint density at radius 3 is 2.47 bits per heavy atom. The Labute approximate surface area is 203 Å².